The van der Waals surface area contributed by atoms with Crippen molar-refractivity contribution in [1.29, 1.82) is 0 Å². The summed E-state index contributed by atoms with van der Waals surface area (Å²) >= 11 is 2.86. The predicted octanol–water partition coefficient (Wildman–Crippen LogP) is 1.89. The number of phenolic OH excluding ortho intramolecular Hbond substituents is 1. The van der Waals surface area contributed by atoms with Crippen molar-refractivity contribution in [3.63, 3.8) is 0 Å². The zero-order valence-electron chi connectivity index (χ0n) is 5.94. The van der Waals surface area contributed by atoms with Crippen LogP contribution in [-0.4, -0.2) is 5.11 Å². The Hall–Kier alpha value is -0.680. The fourth-order valence-corrected chi connectivity index (χ4v) is 1.23. The van der Waals surface area contributed by atoms with Gasteiger partial charge in [0.1, 0.15) is 0 Å². The lowest BCUT2D eigenvalue weighted by molar-refractivity contribution is 0.401. The van der Waals surface area contributed by atoms with Gasteiger partial charge < -0.3 is 10.8 Å². The molecule has 0 fully saturated rings. The minimum absolute atomic E-state index is 0.0252. The first-order valence-corrected chi connectivity index (χ1v) is 3.92. The van der Waals surface area contributed by atoms with Crippen molar-refractivity contribution in [1.82, 2.24) is 0 Å². The van der Waals surface area contributed by atoms with Crippen LogP contribution in [0.15, 0.2) is 10.5 Å². The van der Waals surface area contributed by atoms with Crippen LogP contribution in [-0.2, 0) is 6.54 Å². The molecule has 1 aromatic rings. The van der Waals surface area contributed by atoms with Crippen LogP contribution in [0.2, 0.25) is 0 Å². The SMILES string of the molecule is NCc1cc(Br)c(O)c(F)c1F. The summed E-state index contributed by atoms with van der Waals surface area (Å²) in [6, 6.07) is 1.24. The number of benzene rings is 1. The van der Waals surface area contributed by atoms with Gasteiger partial charge in [0.2, 0.25) is 5.82 Å². The highest BCUT2D eigenvalue weighted by atomic mass is 79.9. The van der Waals surface area contributed by atoms with Crippen molar-refractivity contribution >= 4 is 15.9 Å². The first-order chi connectivity index (χ1) is 5.57. The van der Waals surface area contributed by atoms with E-state index < -0.39 is 17.4 Å². The highest BCUT2D eigenvalue weighted by Crippen LogP contribution is 2.30. The molecule has 0 aromatic heterocycles. The molecule has 1 rings (SSSR count). The van der Waals surface area contributed by atoms with E-state index >= 15 is 0 Å². The monoisotopic (exact) mass is 237 g/mol. The number of nitrogens with two attached hydrogens (primary N) is 1. The van der Waals surface area contributed by atoms with E-state index in [0.29, 0.717) is 0 Å². The molecule has 66 valence electrons. The molecule has 0 aliphatic rings. The summed E-state index contributed by atoms with van der Waals surface area (Å²) in [7, 11) is 0. The first-order valence-electron chi connectivity index (χ1n) is 3.13. The maximum atomic E-state index is 12.8. The minimum atomic E-state index is -1.27. The molecule has 0 amide bonds. The molecule has 3 N–H and O–H groups in total. The third-order valence-corrected chi connectivity index (χ3v) is 2.03. The summed E-state index contributed by atoms with van der Waals surface area (Å²) in [5.41, 5.74) is 5.15. The van der Waals surface area contributed by atoms with E-state index in [1.165, 1.54) is 6.07 Å². The number of phenols is 1. The van der Waals surface area contributed by atoms with Gasteiger partial charge in [-0.3, -0.25) is 0 Å². The minimum Gasteiger partial charge on any atom is -0.504 e. The normalized spacial score (nSPS) is 10.3. The van der Waals surface area contributed by atoms with Gasteiger partial charge in [-0.25, -0.2) is 4.39 Å². The van der Waals surface area contributed by atoms with Crippen molar-refractivity contribution in [3.05, 3.63) is 27.7 Å². The summed E-state index contributed by atoms with van der Waals surface area (Å²) in [4.78, 5) is 0. The molecule has 0 bridgehead atoms. The second-order valence-corrected chi connectivity index (χ2v) is 3.05. The largest absolute Gasteiger partial charge is 0.504 e. The van der Waals surface area contributed by atoms with E-state index in [2.05, 4.69) is 15.9 Å². The lowest BCUT2D eigenvalue weighted by Crippen LogP contribution is -2.02. The first kappa shape index (κ1) is 9.41. The van der Waals surface area contributed by atoms with Gasteiger partial charge in [-0.1, -0.05) is 0 Å². The predicted molar refractivity (Wildman–Crippen MR) is 43.6 cm³/mol. The van der Waals surface area contributed by atoms with Gasteiger partial charge >= 0.3 is 0 Å². The summed E-state index contributed by atoms with van der Waals surface area (Å²) in [6.07, 6.45) is 0. The summed E-state index contributed by atoms with van der Waals surface area (Å²) in [5.74, 6) is -3.10. The number of halogens is 3. The van der Waals surface area contributed by atoms with Gasteiger partial charge in [0, 0.05) is 12.1 Å². The summed E-state index contributed by atoms with van der Waals surface area (Å²) < 4.78 is 25.6. The quantitative estimate of drug-likeness (QED) is 0.734. The van der Waals surface area contributed by atoms with Crippen molar-refractivity contribution < 1.29 is 13.9 Å². The molecule has 0 radical (unpaired) electrons. The standard InChI is InChI=1S/C7H6BrF2NO/c8-4-1-3(2-11)5(9)6(10)7(4)12/h1,12H,2,11H2. The summed E-state index contributed by atoms with van der Waals surface area (Å²) in [5, 5.41) is 8.90. The molecule has 0 heterocycles. The van der Waals surface area contributed by atoms with Gasteiger partial charge in [-0.15, -0.1) is 0 Å². The highest BCUT2D eigenvalue weighted by molar-refractivity contribution is 9.10. The van der Waals surface area contributed by atoms with Crippen LogP contribution in [0.5, 0.6) is 5.75 Å². The van der Waals surface area contributed by atoms with Crippen LogP contribution in [0.1, 0.15) is 5.56 Å². The molecular weight excluding hydrogens is 232 g/mol. The Kier molecular flexibility index (Phi) is 2.64. The molecule has 0 spiro atoms. The Morgan fingerprint density at radius 3 is 2.50 bits per heavy atom. The fraction of sp³-hybridized carbons (Fsp3) is 0.143. The Morgan fingerprint density at radius 1 is 1.42 bits per heavy atom. The third-order valence-electron chi connectivity index (χ3n) is 1.43. The van der Waals surface area contributed by atoms with Crippen LogP contribution in [0.4, 0.5) is 8.78 Å². The molecule has 5 heteroatoms. The number of rotatable bonds is 1. The lowest BCUT2D eigenvalue weighted by Gasteiger charge is -2.04. The molecular formula is C7H6BrF2NO. The molecule has 12 heavy (non-hydrogen) atoms. The number of hydrogen-bond donors (Lipinski definition) is 2. The molecule has 0 atom stereocenters. The second-order valence-electron chi connectivity index (χ2n) is 2.20. The zero-order chi connectivity index (χ0) is 9.30. The van der Waals surface area contributed by atoms with Crippen LogP contribution >= 0.6 is 15.9 Å². The smallest absolute Gasteiger partial charge is 0.201 e. The van der Waals surface area contributed by atoms with Gasteiger partial charge in [0.15, 0.2) is 11.6 Å². The Labute approximate surface area is 76.1 Å². The van der Waals surface area contributed by atoms with Crippen LogP contribution in [0.3, 0.4) is 0 Å². The topological polar surface area (TPSA) is 46.2 Å². The van der Waals surface area contributed by atoms with Crippen molar-refractivity contribution in [2.75, 3.05) is 0 Å². The average Bonchev–Trinajstić information content (AvgIpc) is 2.08. The summed E-state index contributed by atoms with van der Waals surface area (Å²) in [6.45, 7) is -0.109. The van der Waals surface area contributed by atoms with E-state index in [4.69, 9.17) is 10.8 Å². The lowest BCUT2D eigenvalue weighted by atomic mass is 10.2. The van der Waals surface area contributed by atoms with E-state index in [1.807, 2.05) is 0 Å². The fourth-order valence-electron chi connectivity index (χ4n) is 0.783. The molecule has 0 unspecified atom stereocenters. The molecule has 2 nitrogen and oxygen atoms in total. The van der Waals surface area contributed by atoms with Gasteiger partial charge in [0.05, 0.1) is 4.47 Å². The van der Waals surface area contributed by atoms with Gasteiger partial charge in [-0.05, 0) is 22.0 Å². The molecule has 0 saturated heterocycles. The van der Waals surface area contributed by atoms with Crippen LogP contribution < -0.4 is 5.73 Å². The van der Waals surface area contributed by atoms with Crippen molar-refractivity contribution in [2.24, 2.45) is 5.73 Å². The van der Waals surface area contributed by atoms with Gasteiger partial charge in [-0.2, -0.15) is 4.39 Å². The number of hydrogen-bond acceptors (Lipinski definition) is 2. The van der Waals surface area contributed by atoms with E-state index in [-0.39, 0.29) is 16.6 Å². The Balaban J connectivity index is 3.39. The maximum absolute atomic E-state index is 12.8. The zero-order valence-corrected chi connectivity index (χ0v) is 7.53. The molecule has 0 saturated carbocycles. The van der Waals surface area contributed by atoms with E-state index in [0.717, 1.165) is 0 Å². The Bertz CT molecular complexity index is 317. The molecule has 0 aliphatic heterocycles. The Morgan fingerprint density at radius 2 is 2.00 bits per heavy atom. The molecule has 1 aromatic carbocycles. The van der Waals surface area contributed by atoms with E-state index in [1.54, 1.807) is 0 Å². The number of aromatic hydroxyl groups is 1. The average molecular weight is 238 g/mol. The third kappa shape index (κ3) is 1.42. The van der Waals surface area contributed by atoms with Crippen LogP contribution in [0, 0.1) is 11.6 Å². The highest BCUT2D eigenvalue weighted by Gasteiger charge is 2.15. The van der Waals surface area contributed by atoms with Gasteiger partial charge in [0.25, 0.3) is 0 Å². The van der Waals surface area contributed by atoms with Crippen molar-refractivity contribution in [2.45, 2.75) is 6.54 Å². The maximum Gasteiger partial charge on any atom is 0.201 e. The van der Waals surface area contributed by atoms with Crippen molar-refractivity contribution in [3.8, 4) is 5.75 Å². The second kappa shape index (κ2) is 3.37. The van der Waals surface area contributed by atoms with E-state index in [9.17, 15) is 8.78 Å². The molecule has 0 aliphatic carbocycles. The van der Waals surface area contributed by atoms with Crippen LogP contribution in [0.25, 0.3) is 0 Å².